The fourth-order valence-electron chi connectivity index (χ4n) is 4.22. The quantitative estimate of drug-likeness (QED) is 0.644. The van der Waals surface area contributed by atoms with Crippen LogP contribution in [0.4, 0.5) is 0 Å². The summed E-state index contributed by atoms with van der Waals surface area (Å²) in [4.78, 5) is 12.4. The average molecular weight is 411 g/mol. The molecule has 2 fully saturated rings. The van der Waals surface area contributed by atoms with Gasteiger partial charge in [-0.05, 0) is 61.6 Å². The summed E-state index contributed by atoms with van der Waals surface area (Å²) in [5.74, 6) is 2.77. The summed E-state index contributed by atoms with van der Waals surface area (Å²) in [6, 6.07) is 7.15. The van der Waals surface area contributed by atoms with Crippen molar-refractivity contribution >= 4 is 18.3 Å². The zero-order chi connectivity index (χ0) is 19.2. The van der Waals surface area contributed by atoms with Crippen molar-refractivity contribution in [3.05, 3.63) is 23.8 Å². The number of ether oxygens (including phenoxy) is 2. The lowest BCUT2D eigenvalue weighted by molar-refractivity contribution is -0.122. The Morgan fingerprint density at radius 3 is 2.57 bits per heavy atom. The lowest BCUT2D eigenvalue weighted by Crippen LogP contribution is -2.39. The molecular weight excluding hydrogens is 376 g/mol. The molecule has 0 saturated carbocycles. The number of rotatable bonds is 9. The van der Waals surface area contributed by atoms with Gasteiger partial charge in [0, 0.05) is 25.0 Å². The summed E-state index contributed by atoms with van der Waals surface area (Å²) in [6.07, 6.45) is 6.48. The Morgan fingerprint density at radius 2 is 1.93 bits per heavy atom. The van der Waals surface area contributed by atoms with E-state index >= 15 is 0 Å². The lowest BCUT2D eigenvalue weighted by Gasteiger charge is -2.28. The van der Waals surface area contributed by atoms with Gasteiger partial charge >= 0.3 is 0 Å². The van der Waals surface area contributed by atoms with E-state index in [1.807, 2.05) is 18.2 Å². The maximum absolute atomic E-state index is 12.4. The van der Waals surface area contributed by atoms with Crippen LogP contribution >= 0.6 is 12.4 Å². The van der Waals surface area contributed by atoms with Gasteiger partial charge in [-0.15, -0.1) is 12.4 Å². The maximum Gasteiger partial charge on any atom is 0.220 e. The van der Waals surface area contributed by atoms with E-state index in [9.17, 15) is 4.79 Å². The first kappa shape index (κ1) is 22.8. The number of hydrogen-bond acceptors (Lipinski definition) is 4. The Hall–Kier alpha value is -1.46. The van der Waals surface area contributed by atoms with Crippen LogP contribution in [0, 0.1) is 11.8 Å². The highest BCUT2D eigenvalue weighted by molar-refractivity contribution is 5.85. The van der Waals surface area contributed by atoms with Gasteiger partial charge in [0.05, 0.1) is 13.7 Å². The molecule has 1 aromatic carbocycles. The third-order valence-electron chi connectivity index (χ3n) is 5.72. The second-order valence-corrected chi connectivity index (χ2v) is 8.47. The van der Waals surface area contributed by atoms with Gasteiger partial charge in [-0.1, -0.05) is 19.9 Å². The van der Waals surface area contributed by atoms with E-state index < -0.39 is 0 Å². The highest BCUT2D eigenvalue weighted by atomic mass is 35.5. The van der Waals surface area contributed by atoms with Gasteiger partial charge in [0.1, 0.15) is 0 Å². The first-order chi connectivity index (χ1) is 13.0. The van der Waals surface area contributed by atoms with Crippen LogP contribution in [-0.4, -0.2) is 31.7 Å². The van der Waals surface area contributed by atoms with E-state index in [0.29, 0.717) is 43.5 Å². The van der Waals surface area contributed by atoms with Crippen molar-refractivity contribution in [2.24, 2.45) is 11.8 Å². The first-order valence-electron chi connectivity index (χ1n) is 10.4. The summed E-state index contributed by atoms with van der Waals surface area (Å²) in [5.41, 5.74) is 1.03. The number of halogens is 1. The Morgan fingerprint density at radius 1 is 1.21 bits per heavy atom. The van der Waals surface area contributed by atoms with Gasteiger partial charge in [-0.2, -0.15) is 0 Å². The number of carbonyl (C=O) groups is 1. The number of amides is 1. The van der Waals surface area contributed by atoms with Crippen molar-refractivity contribution in [1.82, 2.24) is 10.6 Å². The monoisotopic (exact) mass is 410 g/mol. The molecule has 2 bridgehead atoms. The largest absolute Gasteiger partial charge is 0.493 e. The highest BCUT2D eigenvalue weighted by Crippen LogP contribution is 2.32. The minimum atomic E-state index is 0. The van der Waals surface area contributed by atoms with Crippen molar-refractivity contribution in [1.29, 1.82) is 0 Å². The third kappa shape index (κ3) is 6.56. The predicted octanol–water partition coefficient (Wildman–Crippen LogP) is 4.08. The fraction of sp³-hybridized carbons (Fsp3) is 0.682. The van der Waals surface area contributed by atoms with Gasteiger partial charge in [-0.3, -0.25) is 4.79 Å². The van der Waals surface area contributed by atoms with Crippen molar-refractivity contribution in [3.63, 3.8) is 0 Å². The Bertz CT molecular complexity index is 626. The number of fused-ring (bicyclic) bond motifs is 2. The molecule has 0 aromatic heterocycles. The van der Waals surface area contributed by atoms with Crippen LogP contribution in [-0.2, 0) is 11.3 Å². The van der Waals surface area contributed by atoms with Crippen molar-refractivity contribution in [3.8, 4) is 11.5 Å². The van der Waals surface area contributed by atoms with Crippen LogP contribution in [0.2, 0.25) is 0 Å². The first-order valence-corrected chi connectivity index (χ1v) is 10.4. The highest BCUT2D eigenvalue weighted by Gasteiger charge is 2.34. The Labute approximate surface area is 175 Å². The molecule has 0 radical (unpaired) electrons. The topological polar surface area (TPSA) is 59.6 Å². The number of nitrogens with one attached hydrogen (secondary N) is 2. The molecule has 2 atom stereocenters. The minimum Gasteiger partial charge on any atom is -0.493 e. The fourth-order valence-corrected chi connectivity index (χ4v) is 4.22. The van der Waals surface area contributed by atoms with Crippen LogP contribution in [0.15, 0.2) is 18.2 Å². The van der Waals surface area contributed by atoms with E-state index in [4.69, 9.17) is 9.47 Å². The normalized spacial score (nSPS) is 23.2. The van der Waals surface area contributed by atoms with Crippen LogP contribution in [0.3, 0.4) is 0 Å². The smallest absolute Gasteiger partial charge is 0.220 e. The van der Waals surface area contributed by atoms with Crippen LogP contribution < -0.4 is 20.1 Å². The number of methoxy groups -OCH3 is 1. The molecule has 5 nitrogen and oxygen atoms in total. The van der Waals surface area contributed by atoms with Crippen LogP contribution in [0.5, 0.6) is 11.5 Å². The summed E-state index contributed by atoms with van der Waals surface area (Å²) in [6.45, 7) is 5.57. The lowest BCUT2D eigenvalue weighted by atomic mass is 9.89. The Balaban J connectivity index is 0.00000280. The average Bonchev–Trinajstić information content (AvgIpc) is 2.98. The summed E-state index contributed by atoms with van der Waals surface area (Å²) in [5, 5.41) is 6.70. The molecule has 2 saturated heterocycles. The summed E-state index contributed by atoms with van der Waals surface area (Å²) < 4.78 is 11.3. The predicted molar refractivity (Wildman–Crippen MR) is 114 cm³/mol. The molecule has 2 aliphatic heterocycles. The number of hydrogen-bond donors (Lipinski definition) is 2. The molecule has 1 aromatic rings. The molecule has 0 spiro atoms. The molecular formula is C22H35ClN2O3. The van der Waals surface area contributed by atoms with Crippen LogP contribution in [0.1, 0.15) is 57.9 Å². The van der Waals surface area contributed by atoms with Gasteiger partial charge < -0.3 is 20.1 Å². The minimum absolute atomic E-state index is 0. The van der Waals surface area contributed by atoms with Crippen molar-refractivity contribution < 1.29 is 14.3 Å². The molecule has 2 unspecified atom stereocenters. The zero-order valence-corrected chi connectivity index (χ0v) is 18.1. The number of benzene rings is 1. The zero-order valence-electron chi connectivity index (χ0n) is 17.3. The molecule has 28 heavy (non-hydrogen) atoms. The van der Waals surface area contributed by atoms with E-state index in [1.54, 1.807) is 7.11 Å². The number of piperidine rings is 1. The number of carbonyl (C=O) groups excluding carboxylic acids is 1. The third-order valence-corrected chi connectivity index (χ3v) is 5.72. The molecule has 6 heteroatoms. The molecule has 2 heterocycles. The molecule has 158 valence electrons. The second-order valence-electron chi connectivity index (χ2n) is 8.47. The molecule has 2 aliphatic rings. The molecule has 3 rings (SSSR count). The summed E-state index contributed by atoms with van der Waals surface area (Å²) in [7, 11) is 1.65. The standard InChI is InChI=1S/C22H34N2O3.ClH/c1-15(2)8-9-27-20-7-4-16(12-21(20)26-3)14-23-22(25)13-17-10-18-5-6-19(11-17)24-18;/h4,7,12,15,17-19,24H,5-6,8-11,13-14H2,1-3H3,(H,23,25);1H. The van der Waals surface area contributed by atoms with E-state index in [2.05, 4.69) is 24.5 Å². The van der Waals surface area contributed by atoms with E-state index in [-0.39, 0.29) is 18.3 Å². The summed E-state index contributed by atoms with van der Waals surface area (Å²) >= 11 is 0. The van der Waals surface area contributed by atoms with Gasteiger partial charge in [0.2, 0.25) is 5.91 Å². The molecule has 2 N–H and O–H groups in total. The van der Waals surface area contributed by atoms with Gasteiger partial charge in [0.15, 0.2) is 11.5 Å². The van der Waals surface area contributed by atoms with Crippen molar-refractivity contribution in [2.45, 2.75) is 71.0 Å². The van der Waals surface area contributed by atoms with Gasteiger partial charge in [-0.25, -0.2) is 0 Å². The molecule has 0 aliphatic carbocycles. The second kappa shape index (κ2) is 10.9. The van der Waals surface area contributed by atoms with Crippen LogP contribution in [0.25, 0.3) is 0 Å². The SMILES string of the molecule is COc1cc(CNC(=O)CC2CC3CCC(C2)N3)ccc1OCCC(C)C.Cl. The van der Waals surface area contributed by atoms with E-state index in [0.717, 1.165) is 36.3 Å². The maximum atomic E-state index is 12.4. The van der Waals surface area contributed by atoms with E-state index in [1.165, 1.54) is 12.8 Å². The van der Waals surface area contributed by atoms with Crippen molar-refractivity contribution in [2.75, 3.05) is 13.7 Å². The van der Waals surface area contributed by atoms with Gasteiger partial charge in [0.25, 0.3) is 0 Å². The Kier molecular flexibility index (Phi) is 8.90. The molecule has 1 amide bonds.